The smallest absolute Gasteiger partial charge is 0.410 e. The van der Waals surface area contributed by atoms with Crippen molar-refractivity contribution in [1.82, 2.24) is 9.88 Å². The highest BCUT2D eigenvalue weighted by Crippen LogP contribution is 2.44. The summed E-state index contributed by atoms with van der Waals surface area (Å²) in [5.41, 5.74) is 5.68. The van der Waals surface area contributed by atoms with E-state index in [0.717, 1.165) is 34.4 Å². The zero-order valence-corrected chi connectivity index (χ0v) is 25.7. The molecular formula is C34H39FN2O6. The summed E-state index contributed by atoms with van der Waals surface area (Å²) in [7, 11) is 1.31. The Morgan fingerprint density at radius 2 is 1.86 bits per heavy atom. The van der Waals surface area contributed by atoms with Crippen LogP contribution in [0.25, 0.3) is 11.1 Å². The Labute approximate surface area is 252 Å². The number of halogens is 1. The van der Waals surface area contributed by atoms with Gasteiger partial charge in [-0.3, -0.25) is 4.98 Å². The van der Waals surface area contributed by atoms with Gasteiger partial charge in [0.2, 0.25) is 0 Å². The van der Waals surface area contributed by atoms with Crippen LogP contribution in [-0.2, 0) is 45.0 Å². The number of carbonyl (C=O) groups is 2. The van der Waals surface area contributed by atoms with E-state index in [0.29, 0.717) is 48.4 Å². The van der Waals surface area contributed by atoms with Gasteiger partial charge in [-0.05, 0) is 75.8 Å². The van der Waals surface area contributed by atoms with E-state index in [2.05, 4.69) is 0 Å². The number of esters is 1. The van der Waals surface area contributed by atoms with Crippen LogP contribution in [0.3, 0.4) is 0 Å². The molecule has 0 bridgehead atoms. The minimum Gasteiger partial charge on any atom is -0.490 e. The summed E-state index contributed by atoms with van der Waals surface area (Å²) >= 11 is 0. The van der Waals surface area contributed by atoms with Gasteiger partial charge >= 0.3 is 12.1 Å². The molecule has 2 aliphatic rings. The van der Waals surface area contributed by atoms with Gasteiger partial charge in [-0.25, -0.2) is 14.0 Å². The third-order valence-electron chi connectivity index (χ3n) is 7.90. The quantitative estimate of drug-likeness (QED) is 0.301. The van der Waals surface area contributed by atoms with E-state index in [-0.39, 0.29) is 18.9 Å². The van der Waals surface area contributed by atoms with Crippen molar-refractivity contribution in [3.63, 3.8) is 0 Å². The molecule has 3 aromatic rings. The van der Waals surface area contributed by atoms with E-state index in [1.165, 1.54) is 13.2 Å². The molecule has 5 rings (SSSR count). The summed E-state index contributed by atoms with van der Waals surface area (Å²) in [5, 5.41) is 0. The van der Waals surface area contributed by atoms with Crippen LogP contribution in [0.15, 0.2) is 36.4 Å². The van der Waals surface area contributed by atoms with Crippen molar-refractivity contribution in [2.24, 2.45) is 0 Å². The number of fused-ring (bicyclic) bond motifs is 2. The van der Waals surface area contributed by atoms with Crippen LogP contribution in [0.2, 0.25) is 0 Å². The maximum atomic E-state index is 15.7. The first-order valence-corrected chi connectivity index (χ1v) is 14.7. The molecule has 3 heterocycles. The fraction of sp³-hybridized carbons (Fsp3) is 0.441. The number of aryl methyl sites for hydroxylation is 1. The van der Waals surface area contributed by atoms with E-state index < -0.39 is 29.6 Å². The van der Waals surface area contributed by atoms with Crippen molar-refractivity contribution in [1.29, 1.82) is 0 Å². The van der Waals surface area contributed by atoms with Crippen LogP contribution in [0.5, 0.6) is 5.75 Å². The third kappa shape index (κ3) is 6.37. The molecular weight excluding hydrogens is 551 g/mol. The topological polar surface area (TPSA) is 87.2 Å². The lowest BCUT2D eigenvalue weighted by molar-refractivity contribution is -0.164. The number of hydrogen-bond donors (Lipinski definition) is 0. The maximum Gasteiger partial charge on any atom is 0.410 e. The van der Waals surface area contributed by atoms with Crippen LogP contribution < -0.4 is 4.74 Å². The second kappa shape index (κ2) is 12.3. The molecule has 0 spiro atoms. The molecule has 9 heteroatoms. The molecule has 0 saturated heterocycles. The average molecular weight is 591 g/mol. The van der Waals surface area contributed by atoms with Gasteiger partial charge in [-0.1, -0.05) is 30.3 Å². The minimum atomic E-state index is -1.13. The molecule has 1 amide bonds. The summed E-state index contributed by atoms with van der Waals surface area (Å²) in [6, 6.07) is 11.0. The number of amides is 1. The van der Waals surface area contributed by atoms with Crippen LogP contribution in [0.1, 0.15) is 72.5 Å². The van der Waals surface area contributed by atoms with E-state index in [9.17, 15) is 9.59 Å². The lowest BCUT2D eigenvalue weighted by atomic mass is 9.83. The molecule has 43 heavy (non-hydrogen) atoms. The maximum absolute atomic E-state index is 15.7. The van der Waals surface area contributed by atoms with Gasteiger partial charge in [0.1, 0.15) is 6.61 Å². The van der Waals surface area contributed by atoms with Crippen molar-refractivity contribution in [2.75, 3.05) is 20.3 Å². The Morgan fingerprint density at radius 3 is 2.56 bits per heavy atom. The predicted molar refractivity (Wildman–Crippen MR) is 159 cm³/mol. The second-order valence-corrected chi connectivity index (χ2v) is 12.0. The summed E-state index contributed by atoms with van der Waals surface area (Å²) < 4.78 is 38.6. The minimum absolute atomic E-state index is 0.145. The highest BCUT2D eigenvalue weighted by Gasteiger charge is 2.37. The number of carbonyl (C=O) groups excluding carboxylic acids is 2. The van der Waals surface area contributed by atoms with Crippen LogP contribution >= 0.6 is 0 Å². The number of pyridine rings is 1. The fourth-order valence-electron chi connectivity index (χ4n) is 5.90. The lowest BCUT2D eigenvalue weighted by Crippen LogP contribution is -2.38. The van der Waals surface area contributed by atoms with Gasteiger partial charge in [-0.2, -0.15) is 0 Å². The van der Waals surface area contributed by atoms with Crippen molar-refractivity contribution in [3.8, 4) is 16.9 Å². The van der Waals surface area contributed by atoms with Crippen molar-refractivity contribution < 1.29 is 32.9 Å². The molecule has 2 aromatic carbocycles. The standard InChI is InChI=1S/C34H39FN2O6/c1-20-23-13-10-16-41-30(23)26(35)17-24(20)29-25-18-37(33(39)42-19-22-11-8-7-9-12-22)15-14-27(25)36-21(2)28(29)31(32(38)40-6)43-34(3,4)5/h7-9,11-12,17,31H,10,13-16,18-19H2,1-6H3/t31-/m0/s1. The van der Waals surface area contributed by atoms with E-state index >= 15 is 4.39 Å². The Hall–Kier alpha value is -3.98. The number of methoxy groups -OCH3 is 1. The Kier molecular flexibility index (Phi) is 8.74. The Morgan fingerprint density at radius 1 is 1.12 bits per heavy atom. The molecule has 0 aliphatic carbocycles. The number of nitrogens with zero attached hydrogens (tertiary/aromatic N) is 2. The highest BCUT2D eigenvalue weighted by molar-refractivity contribution is 5.85. The molecule has 228 valence electrons. The largest absolute Gasteiger partial charge is 0.490 e. The van der Waals surface area contributed by atoms with Crippen molar-refractivity contribution in [2.45, 2.75) is 78.7 Å². The Balaban J connectivity index is 1.66. The van der Waals surface area contributed by atoms with E-state index in [1.807, 2.05) is 65.0 Å². The first-order valence-electron chi connectivity index (χ1n) is 14.7. The second-order valence-electron chi connectivity index (χ2n) is 12.0. The molecule has 0 radical (unpaired) electrons. The highest BCUT2D eigenvalue weighted by atomic mass is 19.1. The fourth-order valence-corrected chi connectivity index (χ4v) is 5.90. The van der Waals surface area contributed by atoms with Crippen molar-refractivity contribution in [3.05, 3.63) is 81.4 Å². The molecule has 2 aliphatic heterocycles. The summed E-state index contributed by atoms with van der Waals surface area (Å²) in [5.74, 6) is -0.781. The molecule has 1 aromatic heterocycles. The van der Waals surface area contributed by atoms with Crippen LogP contribution in [0.4, 0.5) is 9.18 Å². The van der Waals surface area contributed by atoms with Gasteiger partial charge in [0.25, 0.3) is 0 Å². The summed E-state index contributed by atoms with van der Waals surface area (Å²) in [4.78, 5) is 33.1. The summed E-state index contributed by atoms with van der Waals surface area (Å²) in [6.45, 7) is 10.5. The van der Waals surface area contributed by atoms with Gasteiger partial charge in [0.05, 0.1) is 25.9 Å². The lowest BCUT2D eigenvalue weighted by Gasteiger charge is -2.34. The molecule has 0 saturated carbocycles. The molecule has 1 atom stereocenters. The Bertz CT molecular complexity index is 1530. The van der Waals surface area contributed by atoms with E-state index in [1.54, 1.807) is 4.90 Å². The number of rotatable bonds is 6. The number of benzene rings is 2. The first-order chi connectivity index (χ1) is 20.5. The normalized spacial score (nSPS) is 15.2. The van der Waals surface area contributed by atoms with Gasteiger partial charge in [0, 0.05) is 41.0 Å². The van der Waals surface area contributed by atoms with E-state index in [4.69, 9.17) is 23.9 Å². The molecule has 8 nitrogen and oxygen atoms in total. The predicted octanol–water partition coefficient (Wildman–Crippen LogP) is 6.55. The molecule has 0 fully saturated rings. The monoisotopic (exact) mass is 590 g/mol. The van der Waals surface area contributed by atoms with Crippen LogP contribution in [0, 0.1) is 19.7 Å². The van der Waals surface area contributed by atoms with Crippen LogP contribution in [-0.4, -0.2) is 47.8 Å². The number of hydrogen-bond acceptors (Lipinski definition) is 7. The van der Waals surface area contributed by atoms with Gasteiger partial charge in [-0.15, -0.1) is 0 Å². The first kappa shape index (κ1) is 30.5. The zero-order chi connectivity index (χ0) is 30.9. The SMILES string of the molecule is COC(=O)[C@@H](OC(C)(C)C)c1c(C)nc2c(c1-c1cc(F)c3c(c1C)CCCO3)CN(C(=O)OCc1ccccc1)CC2. The third-order valence-corrected chi connectivity index (χ3v) is 7.90. The zero-order valence-electron chi connectivity index (χ0n) is 25.7. The number of aromatic nitrogens is 1. The number of ether oxygens (including phenoxy) is 4. The summed E-state index contributed by atoms with van der Waals surface area (Å²) in [6.07, 6.45) is 0.329. The molecule has 0 N–H and O–H groups in total. The van der Waals surface area contributed by atoms with Crippen molar-refractivity contribution >= 4 is 12.1 Å². The molecule has 0 unspecified atom stereocenters. The van der Waals surface area contributed by atoms with Gasteiger partial charge < -0.3 is 23.8 Å². The van der Waals surface area contributed by atoms with Gasteiger partial charge in [0.15, 0.2) is 17.7 Å². The average Bonchev–Trinajstić information content (AvgIpc) is 2.99.